The molecule has 1 aliphatic heterocycles. The summed E-state index contributed by atoms with van der Waals surface area (Å²) >= 11 is 0. The highest BCUT2D eigenvalue weighted by atomic mass is 15.0. The number of fused-ring (bicyclic) bond motifs is 1. The second-order valence-electron chi connectivity index (χ2n) is 3.13. The molecule has 2 aromatic rings. The molecule has 6 nitrogen and oxygen atoms in total. The number of aromatic amines is 1. The molecule has 0 radical (unpaired) electrons. The van der Waals surface area contributed by atoms with Crippen LogP contribution in [-0.4, -0.2) is 19.9 Å². The summed E-state index contributed by atoms with van der Waals surface area (Å²) in [4.78, 5) is 14.4. The molecule has 0 fully saturated rings. The number of anilines is 1. The van der Waals surface area contributed by atoms with Crippen LogP contribution in [0.5, 0.6) is 0 Å². The van der Waals surface area contributed by atoms with E-state index in [0.717, 1.165) is 0 Å². The number of rotatable bonds is 0. The summed E-state index contributed by atoms with van der Waals surface area (Å²) in [5, 5.41) is 2.92. The van der Waals surface area contributed by atoms with Gasteiger partial charge in [-0.25, -0.2) is 15.0 Å². The average molecular weight is 228 g/mol. The van der Waals surface area contributed by atoms with E-state index in [1.54, 1.807) is 0 Å². The second kappa shape index (κ2) is 5.45. The number of H-pyrrole nitrogens is 1. The lowest BCUT2D eigenvalue weighted by Crippen LogP contribution is -1.91. The molecule has 0 unspecified atom stereocenters. The Hall–Kier alpha value is -2.63. The number of hydrogen-bond donors (Lipinski definition) is 3. The van der Waals surface area contributed by atoms with Gasteiger partial charge >= 0.3 is 0 Å². The van der Waals surface area contributed by atoms with Gasteiger partial charge < -0.3 is 16.0 Å². The molecule has 0 saturated carbocycles. The molecule has 0 atom stereocenters. The Bertz CT molecular complexity index is 552. The van der Waals surface area contributed by atoms with Gasteiger partial charge in [-0.3, -0.25) is 0 Å². The van der Waals surface area contributed by atoms with Crippen molar-refractivity contribution in [3.63, 3.8) is 0 Å². The first-order valence-corrected chi connectivity index (χ1v) is 5.02. The van der Waals surface area contributed by atoms with Crippen molar-refractivity contribution < 1.29 is 0 Å². The fourth-order valence-corrected chi connectivity index (χ4v) is 1.19. The molecule has 4 N–H and O–H groups in total. The molecular weight excluding hydrogens is 216 g/mol. The van der Waals surface area contributed by atoms with Crippen LogP contribution in [0.3, 0.4) is 0 Å². The molecule has 0 saturated heterocycles. The molecular formula is C11H12N6. The van der Waals surface area contributed by atoms with Crippen LogP contribution in [0.1, 0.15) is 0 Å². The van der Waals surface area contributed by atoms with E-state index in [-0.39, 0.29) is 0 Å². The Morgan fingerprint density at radius 1 is 0.941 bits per heavy atom. The molecule has 0 spiro atoms. The van der Waals surface area contributed by atoms with Crippen molar-refractivity contribution in [1.29, 1.82) is 0 Å². The summed E-state index contributed by atoms with van der Waals surface area (Å²) in [6.45, 7) is 0. The molecule has 6 heteroatoms. The maximum absolute atomic E-state index is 5.48. The van der Waals surface area contributed by atoms with Gasteiger partial charge in [-0.15, -0.1) is 0 Å². The summed E-state index contributed by atoms with van der Waals surface area (Å²) in [6.07, 6.45) is 14.5. The molecule has 1 aliphatic rings. The zero-order valence-electron chi connectivity index (χ0n) is 9.04. The van der Waals surface area contributed by atoms with Crippen LogP contribution in [0, 0.1) is 0 Å². The molecule has 0 aliphatic carbocycles. The van der Waals surface area contributed by atoms with Gasteiger partial charge in [0.15, 0.2) is 11.5 Å². The first-order valence-electron chi connectivity index (χ1n) is 5.02. The lowest BCUT2D eigenvalue weighted by atomic mass is 10.5. The number of hydrogen-bond acceptors (Lipinski definition) is 5. The Balaban J connectivity index is 0.000000136. The summed E-state index contributed by atoms with van der Waals surface area (Å²) < 4.78 is 0. The van der Waals surface area contributed by atoms with Crippen LogP contribution < -0.4 is 11.1 Å². The fourth-order valence-electron chi connectivity index (χ4n) is 1.19. The Morgan fingerprint density at radius 3 is 2.41 bits per heavy atom. The zero-order valence-corrected chi connectivity index (χ0v) is 9.04. The van der Waals surface area contributed by atoms with Crippen molar-refractivity contribution in [2.24, 2.45) is 0 Å². The Labute approximate surface area is 98.0 Å². The second-order valence-corrected chi connectivity index (χ2v) is 3.13. The minimum absolute atomic E-state index is 0.433. The number of nitrogen functional groups attached to an aromatic ring is 1. The monoisotopic (exact) mass is 228 g/mol. The number of allylic oxidation sites excluding steroid dienone is 4. The van der Waals surface area contributed by atoms with Gasteiger partial charge in [0, 0.05) is 12.4 Å². The smallest absolute Gasteiger partial charge is 0.182 e. The number of aromatic nitrogens is 4. The minimum atomic E-state index is 0.433. The minimum Gasteiger partial charge on any atom is -0.382 e. The van der Waals surface area contributed by atoms with Crippen molar-refractivity contribution in [2.75, 3.05) is 5.73 Å². The largest absolute Gasteiger partial charge is 0.382 e. The predicted octanol–water partition coefficient (Wildman–Crippen LogP) is 1.11. The molecule has 2 aromatic heterocycles. The lowest BCUT2D eigenvalue weighted by molar-refractivity contribution is 1.20. The van der Waals surface area contributed by atoms with Gasteiger partial charge in [-0.2, -0.15) is 0 Å². The highest BCUT2D eigenvalue weighted by Crippen LogP contribution is 2.09. The lowest BCUT2D eigenvalue weighted by Gasteiger charge is -1.89. The van der Waals surface area contributed by atoms with E-state index in [2.05, 4.69) is 25.3 Å². The van der Waals surface area contributed by atoms with E-state index in [1.807, 2.05) is 36.7 Å². The third-order valence-corrected chi connectivity index (χ3v) is 1.97. The fraction of sp³-hybridized carbons (Fsp3) is 0. The summed E-state index contributed by atoms with van der Waals surface area (Å²) in [6, 6.07) is 0. The number of nitrogens with zero attached hydrogens (tertiary/aromatic N) is 3. The van der Waals surface area contributed by atoms with Gasteiger partial charge in [0.25, 0.3) is 0 Å². The van der Waals surface area contributed by atoms with Gasteiger partial charge in [0.05, 0.1) is 6.33 Å². The quantitative estimate of drug-likeness (QED) is 0.628. The molecule has 3 heterocycles. The van der Waals surface area contributed by atoms with Crippen molar-refractivity contribution in [3.8, 4) is 0 Å². The first-order chi connectivity index (χ1) is 8.38. The Kier molecular flexibility index (Phi) is 3.49. The number of nitrogens with one attached hydrogen (secondary N) is 2. The third kappa shape index (κ3) is 2.91. The highest BCUT2D eigenvalue weighted by Gasteiger charge is 1.99. The van der Waals surface area contributed by atoms with Gasteiger partial charge in [-0.05, 0) is 12.2 Å². The van der Waals surface area contributed by atoms with E-state index in [4.69, 9.17) is 5.73 Å². The highest BCUT2D eigenvalue weighted by molar-refractivity contribution is 5.80. The van der Waals surface area contributed by atoms with Gasteiger partial charge in [0.2, 0.25) is 0 Å². The Morgan fingerprint density at radius 2 is 1.71 bits per heavy atom. The third-order valence-electron chi connectivity index (χ3n) is 1.97. The van der Waals surface area contributed by atoms with Crippen LogP contribution in [-0.2, 0) is 0 Å². The molecule has 86 valence electrons. The zero-order chi connectivity index (χ0) is 11.9. The summed E-state index contributed by atoms with van der Waals surface area (Å²) in [5.74, 6) is 0.433. The molecule has 0 amide bonds. The topological polar surface area (TPSA) is 92.5 Å². The number of imidazole rings is 1. The van der Waals surface area contributed by atoms with Crippen LogP contribution in [0.15, 0.2) is 49.4 Å². The van der Waals surface area contributed by atoms with E-state index < -0.39 is 0 Å². The van der Waals surface area contributed by atoms with Crippen molar-refractivity contribution in [3.05, 3.63) is 49.4 Å². The maximum Gasteiger partial charge on any atom is 0.182 e. The van der Waals surface area contributed by atoms with Gasteiger partial charge in [-0.1, -0.05) is 12.2 Å². The van der Waals surface area contributed by atoms with Crippen LogP contribution >= 0.6 is 0 Å². The summed E-state index contributed by atoms with van der Waals surface area (Å²) in [7, 11) is 0. The van der Waals surface area contributed by atoms with Crippen molar-refractivity contribution >= 4 is 17.0 Å². The van der Waals surface area contributed by atoms with E-state index >= 15 is 0 Å². The predicted molar refractivity (Wildman–Crippen MR) is 66.7 cm³/mol. The van der Waals surface area contributed by atoms with E-state index in [0.29, 0.717) is 17.0 Å². The maximum atomic E-state index is 5.48. The van der Waals surface area contributed by atoms with Crippen molar-refractivity contribution in [2.45, 2.75) is 0 Å². The average Bonchev–Trinajstić information content (AvgIpc) is 2.64. The SMILES string of the molecule is C1=CC=CNC=C1.Nc1ncnc2nc[nH]c12. The van der Waals surface area contributed by atoms with Crippen molar-refractivity contribution in [1.82, 2.24) is 25.3 Å². The van der Waals surface area contributed by atoms with Crippen LogP contribution in [0.2, 0.25) is 0 Å². The van der Waals surface area contributed by atoms with E-state index in [1.165, 1.54) is 12.7 Å². The standard InChI is InChI=1S/C6H7N.C5H5N5/c1-2-4-6-7-5-3-1;6-4-3-5(9-1-7-3)10-2-8-4/h1-7H;1-2H,(H3,6,7,8,9,10). The molecule has 17 heavy (non-hydrogen) atoms. The summed E-state index contributed by atoms with van der Waals surface area (Å²) in [5.41, 5.74) is 6.78. The normalized spacial score (nSPS) is 12.7. The molecule has 3 rings (SSSR count). The number of nitrogens with two attached hydrogens (primary N) is 1. The molecule has 0 aromatic carbocycles. The van der Waals surface area contributed by atoms with Crippen LogP contribution in [0.4, 0.5) is 5.82 Å². The van der Waals surface area contributed by atoms with Crippen LogP contribution in [0.25, 0.3) is 11.2 Å². The van der Waals surface area contributed by atoms with Gasteiger partial charge in [0.1, 0.15) is 11.8 Å². The molecule has 0 bridgehead atoms. The first kappa shape index (κ1) is 10.9. The van der Waals surface area contributed by atoms with E-state index in [9.17, 15) is 0 Å².